The number of hydrogen-bond acceptors (Lipinski definition) is 6. The van der Waals surface area contributed by atoms with E-state index in [2.05, 4.69) is 64.4 Å². The number of aromatic nitrogens is 5. The first-order valence-electron chi connectivity index (χ1n) is 12.5. The molecule has 1 saturated carbocycles. The zero-order chi connectivity index (χ0) is 23.8. The fraction of sp³-hybridized carbons (Fsp3) is 0.444. The fourth-order valence-corrected chi connectivity index (χ4v) is 4.69. The van der Waals surface area contributed by atoms with Crippen molar-refractivity contribution in [2.75, 3.05) is 33.9 Å². The second-order valence-corrected chi connectivity index (χ2v) is 9.91. The second-order valence-electron chi connectivity index (χ2n) is 9.91. The van der Waals surface area contributed by atoms with Crippen molar-refractivity contribution in [1.29, 1.82) is 0 Å². The summed E-state index contributed by atoms with van der Waals surface area (Å²) in [4.78, 5) is 6.80. The van der Waals surface area contributed by atoms with E-state index < -0.39 is 0 Å². The second kappa shape index (κ2) is 9.43. The SMILES string of the molecule is CN(C)CCn1cc(-c2ccc3c(Oc4cn(C5CC5)nc4C4CCOCC4)ccnc3c2)cn1. The summed E-state index contributed by atoms with van der Waals surface area (Å²) in [6.07, 6.45) is 12.3. The molecule has 8 nitrogen and oxygen atoms in total. The number of nitrogens with zero attached hydrogens (tertiary/aromatic N) is 6. The Hall–Kier alpha value is -3.23. The van der Waals surface area contributed by atoms with Crippen LogP contribution in [0.15, 0.2) is 49.1 Å². The molecule has 2 fully saturated rings. The van der Waals surface area contributed by atoms with Crippen LogP contribution in [0.2, 0.25) is 0 Å². The number of hydrogen-bond donors (Lipinski definition) is 0. The van der Waals surface area contributed by atoms with Crippen LogP contribution in [0.1, 0.15) is 43.3 Å². The van der Waals surface area contributed by atoms with Crippen molar-refractivity contribution in [3.05, 3.63) is 54.7 Å². The number of likely N-dealkylation sites (N-methyl/N-ethyl adjacent to an activating group) is 1. The normalized spacial score (nSPS) is 16.9. The van der Waals surface area contributed by atoms with E-state index in [9.17, 15) is 0 Å². The van der Waals surface area contributed by atoms with Crippen molar-refractivity contribution >= 4 is 10.9 Å². The average molecular weight is 473 g/mol. The van der Waals surface area contributed by atoms with E-state index in [1.165, 1.54) is 12.8 Å². The molecule has 0 bridgehead atoms. The Morgan fingerprint density at radius 1 is 1.03 bits per heavy atom. The third kappa shape index (κ3) is 4.81. The Labute approximate surface area is 205 Å². The maximum atomic E-state index is 6.55. The van der Waals surface area contributed by atoms with Gasteiger partial charge < -0.3 is 14.4 Å². The van der Waals surface area contributed by atoms with E-state index in [1.807, 2.05) is 23.1 Å². The van der Waals surface area contributed by atoms with Crippen LogP contribution < -0.4 is 4.74 Å². The summed E-state index contributed by atoms with van der Waals surface area (Å²) in [6, 6.07) is 8.80. The molecule has 35 heavy (non-hydrogen) atoms. The molecule has 0 unspecified atom stereocenters. The summed E-state index contributed by atoms with van der Waals surface area (Å²) >= 11 is 0. The lowest BCUT2D eigenvalue weighted by Gasteiger charge is -2.21. The summed E-state index contributed by atoms with van der Waals surface area (Å²) < 4.78 is 16.2. The minimum absolute atomic E-state index is 0.377. The van der Waals surface area contributed by atoms with Crippen LogP contribution in [-0.4, -0.2) is 63.3 Å². The standard InChI is InChI=1S/C27H32N6O2/c1-31(2)11-12-32-17-21(16-29-32)20-3-6-23-24(15-20)28-10-7-25(23)35-26-18-33(22-4-5-22)30-27(26)19-8-13-34-14-9-19/h3,6-7,10,15-19,22H,4-5,8-9,11-14H2,1-2H3. The Morgan fingerprint density at radius 2 is 1.89 bits per heavy atom. The largest absolute Gasteiger partial charge is 0.453 e. The van der Waals surface area contributed by atoms with Crippen molar-refractivity contribution in [1.82, 2.24) is 29.4 Å². The molecule has 3 aromatic heterocycles. The molecule has 6 rings (SSSR count). The van der Waals surface area contributed by atoms with Gasteiger partial charge in [0.15, 0.2) is 5.75 Å². The molecule has 0 spiro atoms. The van der Waals surface area contributed by atoms with Gasteiger partial charge in [-0.2, -0.15) is 10.2 Å². The number of pyridine rings is 1. The summed E-state index contributed by atoms with van der Waals surface area (Å²) in [5, 5.41) is 10.5. The molecule has 4 heterocycles. The van der Waals surface area contributed by atoms with Gasteiger partial charge in [-0.25, -0.2) is 0 Å². The highest BCUT2D eigenvalue weighted by atomic mass is 16.5. The number of ether oxygens (including phenoxy) is 2. The lowest BCUT2D eigenvalue weighted by atomic mass is 9.96. The highest BCUT2D eigenvalue weighted by Gasteiger charge is 2.30. The molecule has 0 radical (unpaired) electrons. The van der Waals surface area contributed by atoms with Crippen LogP contribution in [-0.2, 0) is 11.3 Å². The van der Waals surface area contributed by atoms with Crippen molar-refractivity contribution in [2.45, 2.75) is 44.2 Å². The molecule has 0 amide bonds. The third-order valence-electron chi connectivity index (χ3n) is 6.92. The molecule has 0 N–H and O–H groups in total. The van der Waals surface area contributed by atoms with E-state index in [-0.39, 0.29) is 0 Å². The van der Waals surface area contributed by atoms with Crippen LogP contribution in [0.4, 0.5) is 0 Å². The van der Waals surface area contributed by atoms with Crippen molar-refractivity contribution in [3.8, 4) is 22.6 Å². The molecular weight excluding hydrogens is 440 g/mol. The van der Waals surface area contributed by atoms with Gasteiger partial charge in [0, 0.05) is 49.0 Å². The van der Waals surface area contributed by atoms with Gasteiger partial charge in [0.05, 0.1) is 30.5 Å². The van der Waals surface area contributed by atoms with Gasteiger partial charge in [-0.3, -0.25) is 14.3 Å². The maximum Gasteiger partial charge on any atom is 0.168 e. The monoisotopic (exact) mass is 472 g/mol. The smallest absolute Gasteiger partial charge is 0.168 e. The fourth-order valence-electron chi connectivity index (χ4n) is 4.69. The van der Waals surface area contributed by atoms with E-state index in [0.29, 0.717) is 12.0 Å². The number of rotatable bonds is 8. The number of fused-ring (bicyclic) bond motifs is 1. The van der Waals surface area contributed by atoms with E-state index >= 15 is 0 Å². The maximum absolute atomic E-state index is 6.55. The zero-order valence-electron chi connectivity index (χ0n) is 20.4. The highest BCUT2D eigenvalue weighted by molar-refractivity contribution is 5.89. The Bertz CT molecular complexity index is 1320. The van der Waals surface area contributed by atoms with Crippen molar-refractivity contribution in [3.63, 3.8) is 0 Å². The van der Waals surface area contributed by atoms with Gasteiger partial charge in [-0.05, 0) is 63.5 Å². The predicted octanol–water partition coefficient (Wildman–Crippen LogP) is 4.88. The Morgan fingerprint density at radius 3 is 2.69 bits per heavy atom. The van der Waals surface area contributed by atoms with Crippen LogP contribution in [0.5, 0.6) is 11.5 Å². The quantitative estimate of drug-likeness (QED) is 0.364. The van der Waals surface area contributed by atoms with E-state index in [0.717, 1.165) is 78.4 Å². The van der Waals surface area contributed by atoms with Gasteiger partial charge >= 0.3 is 0 Å². The molecule has 8 heteroatoms. The van der Waals surface area contributed by atoms with Crippen molar-refractivity contribution in [2.24, 2.45) is 0 Å². The summed E-state index contributed by atoms with van der Waals surface area (Å²) in [6.45, 7) is 3.38. The molecule has 1 aromatic carbocycles. The summed E-state index contributed by atoms with van der Waals surface area (Å²) in [5.41, 5.74) is 4.16. The van der Waals surface area contributed by atoms with Crippen LogP contribution in [0.3, 0.4) is 0 Å². The van der Waals surface area contributed by atoms with Gasteiger partial charge in [-0.15, -0.1) is 0 Å². The third-order valence-corrected chi connectivity index (χ3v) is 6.92. The number of benzene rings is 1. The van der Waals surface area contributed by atoms with Gasteiger partial charge in [0.25, 0.3) is 0 Å². The van der Waals surface area contributed by atoms with Crippen molar-refractivity contribution < 1.29 is 9.47 Å². The topological polar surface area (TPSA) is 70.2 Å². The minimum Gasteiger partial charge on any atom is -0.453 e. The first-order valence-corrected chi connectivity index (χ1v) is 12.5. The highest BCUT2D eigenvalue weighted by Crippen LogP contribution is 2.41. The first-order chi connectivity index (χ1) is 17.1. The lowest BCUT2D eigenvalue weighted by Crippen LogP contribution is -2.18. The Kier molecular flexibility index (Phi) is 6.00. The minimum atomic E-state index is 0.377. The molecule has 2 aliphatic rings. The van der Waals surface area contributed by atoms with E-state index in [4.69, 9.17) is 14.6 Å². The molecule has 1 saturated heterocycles. The van der Waals surface area contributed by atoms with Gasteiger partial charge in [0.1, 0.15) is 11.4 Å². The molecule has 0 atom stereocenters. The van der Waals surface area contributed by atoms with Gasteiger partial charge in [0.2, 0.25) is 0 Å². The summed E-state index contributed by atoms with van der Waals surface area (Å²) in [7, 11) is 4.14. The first kappa shape index (κ1) is 22.2. The van der Waals surface area contributed by atoms with E-state index in [1.54, 1.807) is 0 Å². The summed E-state index contributed by atoms with van der Waals surface area (Å²) in [5.74, 6) is 2.05. The molecular formula is C27H32N6O2. The average Bonchev–Trinajstić information content (AvgIpc) is 3.47. The molecule has 1 aliphatic carbocycles. The Balaban J connectivity index is 1.28. The van der Waals surface area contributed by atoms with Crippen LogP contribution >= 0.6 is 0 Å². The van der Waals surface area contributed by atoms with Crippen LogP contribution in [0, 0.1) is 0 Å². The molecule has 182 valence electrons. The molecule has 1 aliphatic heterocycles. The molecule has 4 aromatic rings. The predicted molar refractivity (Wildman–Crippen MR) is 135 cm³/mol. The zero-order valence-corrected chi connectivity index (χ0v) is 20.4. The lowest BCUT2D eigenvalue weighted by molar-refractivity contribution is 0.0839. The van der Waals surface area contributed by atoms with Crippen LogP contribution in [0.25, 0.3) is 22.0 Å². The van der Waals surface area contributed by atoms with Gasteiger partial charge in [-0.1, -0.05) is 6.07 Å².